The molecule has 0 saturated carbocycles. The van der Waals surface area contributed by atoms with Crippen LogP contribution in [0.5, 0.6) is 0 Å². The number of carbonyl (C=O) groups excluding carboxylic acids is 2. The largest absolute Gasteiger partial charge is 0.356 e. The number of amides is 3. The van der Waals surface area contributed by atoms with Crippen molar-refractivity contribution in [2.45, 2.75) is 19.3 Å². The van der Waals surface area contributed by atoms with Gasteiger partial charge in [-0.3, -0.25) is 4.79 Å². The molecule has 1 aromatic rings. The standard InChI is InChI=1S/C17H23Cl2N3O2/c1-21(2)17(24)22-10-7-13(8-11-22)16(23)20-9-6-12-4-3-5-14(18)15(12)19/h3-5,13H,6-11H2,1-2H3,(H,20,23). The highest BCUT2D eigenvalue weighted by Crippen LogP contribution is 2.25. The van der Waals surface area contributed by atoms with Gasteiger partial charge in [-0.15, -0.1) is 0 Å². The topological polar surface area (TPSA) is 52.7 Å². The van der Waals surface area contributed by atoms with Crippen LogP contribution in [-0.4, -0.2) is 55.5 Å². The van der Waals surface area contributed by atoms with Gasteiger partial charge < -0.3 is 15.1 Å². The highest BCUT2D eigenvalue weighted by molar-refractivity contribution is 6.42. The van der Waals surface area contributed by atoms with Gasteiger partial charge in [0.25, 0.3) is 0 Å². The second-order valence-corrected chi connectivity index (χ2v) is 6.98. The van der Waals surface area contributed by atoms with Crippen LogP contribution in [0.4, 0.5) is 4.79 Å². The molecule has 1 saturated heterocycles. The minimum Gasteiger partial charge on any atom is -0.356 e. The maximum atomic E-state index is 12.3. The molecule has 3 amide bonds. The molecule has 1 aliphatic rings. The lowest BCUT2D eigenvalue weighted by Gasteiger charge is -2.33. The minimum atomic E-state index is -0.0361. The van der Waals surface area contributed by atoms with Gasteiger partial charge >= 0.3 is 6.03 Å². The van der Waals surface area contributed by atoms with Gasteiger partial charge in [-0.25, -0.2) is 4.79 Å². The number of carbonyl (C=O) groups is 2. The lowest BCUT2D eigenvalue weighted by atomic mass is 9.96. The molecule has 0 atom stereocenters. The van der Waals surface area contributed by atoms with Crippen molar-refractivity contribution in [3.8, 4) is 0 Å². The van der Waals surface area contributed by atoms with E-state index in [0.717, 1.165) is 5.56 Å². The summed E-state index contributed by atoms with van der Waals surface area (Å²) in [5, 5.41) is 4.03. The summed E-state index contributed by atoms with van der Waals surface area (Å²) in [4.78, 5) is 27.5. The van der Waals surface area contributed by atoms with Gasteiger partial charge in [-0.05, 0) is 30.9 Å². The zero-order chi connectivity index (χ0) is 17.7. The van der Waals surface area contributed by atoms with Crippen LogP contribution >= 0.6 is 23.2 Å². The number of hydrogen-bond acceptors (Lipinski definition) is 2. The van der Waals surface area contributed by atoms with Gasteiger partial charge in [0.2, 0.25) is 5.91 Å². The van der Waals surface area contributed by atoms with Crippen molar-refractivity contribution in [3.05, 3.63) is 33.8 Å². The molecule has 0 aromatic heterocycles. The Morgan fingerprint density at radius 1 is 1.25 bits per heavy atom. The van der Waals surface area contributed by atoms with Crippen molar-refractivity contribution >= 4 is 35.1 Å². The predicted molar refractivity (Wildman–Crippen MR) is 96.6 cm³/mol. The van der Waals surface area contributed by atoms with Gasteiger partial charge in [-0.1, -0.05) is 35.3 Å². The number of nitrogens with one attached hydrogen (secondary N) is 1. The Balaban J connectivity index is 1.76. The predicted octanol–water partition coefficient (Wildman–Crippen LogP) is 3.05. The Bertz CT molecular complexity index is 599. The lowest BCUT2D eigenvalue weighted by Crippen LogP contribution is -2.46. The van der Waals surface area contributed by atoms with Crippen LogP contribution in [-0.2, 0) is 11.2 Å². The first-order chi connectivity index (χ1) is 11.4. The van der Waals surface area contributed by atoms with Gasteiger partial charge in [0, 0.05) is 39.6 Å². The molecular formula is C17H23Cl2N3O2. The van der Waals surface area contributed by atoms with Gasteiger partial charge in [0.05, 0.1) is 10.0 Å². The fourth-order valence-corrected chi connectivity index (χ4v) is 3.24. The number of rotatable bonds is 4. The molecule has 7 heteroatoms. The molecule has 24 heavy (non-hydrogen) atoms. The van der Waals surface area contributed by atoms with Crippen LogP contribution < -0.4 is 5.32 Å². The number of urea groups is 1. The number of likely N-dealkylation sites (tertiary alicyclic amines) is 1. The number of halogens is 2. The summed E-state index contributed by atoms with van der Waals surface area (Å²) in [5.41, 5.74) is 0.927. The molecule has 0 unspecified atom stereocenters. The zero-order valence-corrected chi connectivity index (χ0v) is 15.5. The molecule has 1 aromatic carbocycles. The maximum Gasteiger partial charge on any atom is 0.319 e. The second-order valence-electron chi connectivity index (χ2n) is 6.19. The number of hydrogen-bond donors (Lipinski definition) is 1. The van der Waals surface area contributed by atoms with E-state index in [1.54, 1.807) is 30.0 Å². The SMILES string of the molecule is CN(C)C(=O)N1CCC(C(=O)NCCc2cccc(Cl)c2Cl)CC1. The van der Waals surface area contributed by atoms with Gasteiger partial charge in [0.15, 0.2) is 0 Å². The van der Waals surface area contributed by atoms with E-state index < -0.39 is 0 Å². The third kappa shape index (κ3) is 4.77. The molecule has 2 rings (SSSR count). The summed E-state index contributed by atoms with van der Waals surface area (Å²) in [6.45, 7) is 1.76. The Hall–Kier alpha value is -1.46. The van der Waals surface area contributed by atoms with E-state index >= 15 is 0 Å². The van der Waals surface area contributed by atoms with Gasteiger partial charge in [-0.2, -0.15) is 0 Å². The van der Waals surface area contributed by atoms with Crippen molar-refractivity contribution in [1.82, 2.24) is 15.1 Å². The molecule has 1 heterocycles. The first kappa shape index (κ1) is 18.9. The van der Waals surface area contributed by atoms with Crippen LogP contribution in [0.3, 0.4) is 0 Å². The van der Waals surface area contributed by atoms with Crippen LogP contribution in [0.1, 0.15) is 18.4 Å². The average Bonchev–Trinajstić information content (AvgIpc) is 2.58. The van der Waals surface area contributed by atoms with Gasteiger partial charge in [0.1, 0.15) is 0 Å². The van der Waals surface area contributed by atoms with Crippen molar-refractivity contribution in [3.63, 3.8) is 0 Å². The molecule has 1 aliphatic heterocycles. The molecule has 0 bridgehead atoms. The summed E-state index contributed by atoms with van der Waals surface area (Å²) in [6.07, 6.45) is 2.04. The number of benzene rings is 1. The molecule has 132 valence electrons. The number of piperidine rings is 1. The molecule has 1 fully saturated rings. The summed E-state index contributed by atoms with van der Waals surface area (Å²) in [6, 6.07) is 5.51. The van der Waals surface area contributed by atoms with E-state index in [0.29, 0.717) is 48.9 Å². The van der Waals surface area contributed by atoms with E-state index in [2.05, 4.69) is 5.32 Å². The van der Waals surface area contributed by atoms with Crippen molar-refractivity contribution in [2.24, 2.45) is 5.92 Å². The Kier molecular flexibility index (Phi) is 6.75. The van der Waals surface area contributed by atoms with Crippen LogP contribution in [0.2, 0.25) is 10.0 Å². The molecule has 0 radical (unpaired) electrons. The zero-order valence-electron chi connectivity index (χ0n) is 14.0. The smallest absolute Gasteiger partial charge is 0.319 e. The Morgan fingerprint density at radius 3 is 2.54 bits per heavy atom. The summed E-state index contributed by atoms with van der Waals surface area (Å²) >= 11 is 12.1. The lowest BCUT2D eigenvalue weighted by molar-refractivity contribution is -0.126. The third-order valence-corrected chi connectivity index (χ3v) is 5.10. The minimum absolute atomic E-state index is 0.00413. The molecule has 5 nitrogen and oxygen atoms in total. The van der Waals surface area contributed by atoms with Crippen molar-refractivity contribution in [1.29, 1.82) is 0 Å². The average molecular weight is 372 g/mol. The first-order valence-electron chi connectivity index (χ1n) is 8.07. The normalized spacial score (nSPS) is 15.2. The number of nitrogens with zero attached hydrogens (tertiary/aromatic N) is 2. The van der Waals surface area contributed by atoms with Crippen LogP contribution in [0, 0.1) is 5.92 Å². The summed E-state index contributed by atoms with van der Waals surface area (Å²) < 4.78 is 0. The summed E-state index contributed by atoms with van der Waals surface area (Å²) in [5.74, 6) is 0.0103. The van der Waals surface area contributed by atoms with E-state index in [9.17, 15) is 9.59 Å². The second kappa shape index (κ2) is 8.58. The highest BCUT2D eigenvalue weighted by Gasteiger charge is 2.27. The monoisotopic (exact) mass is 371 g/mol. The molecule has 0 spiro atoms. The fourth-order valence-electron chi connectivity index (χ4n) is 2.82. The summed E-state index contributed by atoms with van der Waals surface area (Å²) in [7, 11) is 3.48. The van der Waals surface area contributed by atoms with Crippen molar-refractivity contribution in [2.75, 3.05) is 33.7 Å². The quantitative estimate of drug-likeness (QED) is 0.883. The molecule has 0 aliphatic carbocycles. The highest BCUT2D eigenvalue weighted by atomic mass is 35.5. The van der Waals surface area contributed by atoms with Crippen molar-refractivity contribution < 1.29 is 9.59 Å². The van der Waals surface area contributed by atoms with Crippen LogP contribution in [0.15, 0.2) is 18.2 Å². The van der Waals surface area contributed by atoms with E-state index in [1.807, 2.05) is 12.1 Å². The van der Waals surface area contributed by atoms with E-state index in [4.69, 9.17) is 23.2 Å². The third-order valence-electron chi connectivity index (χ3n) is 4.24. The first-order valence-corrected chi connectivity index (χ1v) is 8.82. The molecular weight excluding hydrogens is 349 g/mol. The van der Waals surface area contributed by atoms with E-state index in [1.165, 1.54) is 0 Å². The maximum absolute atomic E-state index is 12.3. The Morgan fingerprint density at radius 2 is 1.92 bits per heavy atom. The fraction of sp³-hybridized carbons (Fsp3) is 0.529. The molecule has 1 N–H and O–H groups in total. The van der Waals surface area contributed by atoms with Crippen LogP contribution in [0.25, 0.3) is 0 Å². The Labute approximate surface area is 152 Å². The van der Waals surface area contributed by atoms with E-state index in [-0.39, 0.29) is 17.9 Å².